The summed E-state index contributed by atoms with van der Waals surface area (Å²) < 4.78 is 14.1. The Hall–Kier alpha value is -2.21. The van der Waals surface area contributed by atoms with Crippen molar-refractivity contribution in [2.24, 2.45) is 5.92 Å². The van der Waals surface area contributed by atoms with Gasteiger partial charge in [0.1, 0.15) is 5.65 Å². The number of H-pyrrole nitrogens is 1. The van der Waals surface area contributed by atoms with E-state index in [1.807, 2.05) is 0 Å². The lowest BCUT2D eigenvalue weighted by Gasteiger charge is -2.22. The molecular formula is C18H19ClFN5. The fourth-order valence-corrected chi connectivity index (χ4v) is 3.57. The van der Waals surface area contributed by atoms with Gasteiger partial charge in [0.05, 0.1) is 11.2 Å². The maximum absolute atomic E-state index is 14.1. The Kier molecular flexibility index (Phi) is 4.53. The zero-order valence-electron chi connectivity index (χ0n) is 13.7. The highest BCUT2D eigenvalue weighted by Gasteiger charge is 2.16. The maximum Gasteiger partial charge on any atom is 0.183 e. The van der Waals surface area contributed by atoms with Crippen LogP contribution in [0.2, 0.25) is 5.02 Å². The standard InChI is InChI=1S/C18H19ClFN5/c19-12-6-13-14(9-23-16(13)22-8-12)17-24-10-15(20)18(25-17)21-7-11-4-2-1-3-5-11/h6,8-11H,1-5,7H2,(H,22,23)(H,21,24,25). The Labute approximate surface area is 150 Å². The minimum Gasteiger partial charge on any atom is -0.367 e. The van der Waals surface area contributed by atoms with E-state index in [0.717, 1.165) is 17.5 Å². The molecule has 1 saturated carbocycles. The van der Waals surface area contributed by atoms with Crippen molar-refractivity contribution in [1.29, 1.82) is 0 Å². The van der Waals surface area contributed by atoms with E-state index in [0.29, 0.717) is 22.4 Å². The van der Waals surface area contributed by atoms with Crippen molar-refractivity contribution in [2.75, 3.05) is 11.9 Å². The summed E-state index contributed by atoms with van der Waals surface area (Å²) in [6.45, 7) is 0.745. The molecule has 0 amide bonds. The van der Waals surface area contributed by atoms with Crippen LogP contribution in [-0.2, 0) is 0 Å². The number of hydrogen-bond acceptors (Lipinski definition) is 4. The van der Waals surface area contributed by atoms with Gasteiger partial charge in [-0.25, -0.2) is 19.3 Å². The predicted octanol–water partition coefficient (Wildman–Crippen LogP) is 4.80. The van der Waals surface area contributed by atoms with Gasteiger partial charge in [-0.3, -0.25) is 0 Å². The molecule has 0 spiro atoms. The molecule has 7 heteroatoms. The number of fused-ring (bicyclic) bond motifs is 1. The molecule has 4 rings (SSSR count). The molecule has 3 aromatic heterocycles. The predicted molar refractivity (Wildman–Crippen MR) is 97.2 cm³/mol. The van der Waals surface area contributed by atoms with Crippen LogP contribution in [0.15, 0.2) is 24.7 Å². The van der Waals surface area contributed by atoms with Crippen molar-refractivity contribution in [3.05, 3.63) is 35.5 Å². The molecule has 5 nitrogen and oxygen atoms in total. The van der Waals surface area contributed by atoms with Gasteiger partial charge in [0.2, 0.25) is 0 Å². The smallest absolute Gasteiger partial charge is 0.183 e. The number of hydrogen-bond donors (Lipinski definition) is 2. The van der Waals surface area contributed by atoms with Crippen molar-refractivity contribution in [2.45, 2.75) is 32.1 Å². The Morgan fingerprint density at radius 2 is 2.04 bits per heavy atom. The molecular weight excluding hydrogens is 341 g/mol. The average Bonchev–Trinajstić information content (AvgIpc) is 3.05. The van der Waals surface area contributed by atoms with Crippen molar-refractivity contribution < 1.29 is 4.39 Å². The third-order valence-corrected chi connectivity index (χ3v) is 4.97. The Morgan fingerprint density at radius 1 is 1.20 bits per heavy atom. The summed E-state index contributed by atoms with van der Waals surface area (Å²) in [5.41, 5.74) is 1.45. The first-order chi connectivity index (χ1) is 12.2. The fourth-order valence-electron chi connectivity index (χ4n) is 3.42. The largest absolute Gasteiger partial charge is 0.367 e. The van der Waals surface area contributed by atoms with Crippen LogP contribution < -0.4 is 5.32 Å². The summed E-state index contributed by atoms with van der Waals surface area (Å²) in [6.07, 6.45) is 10.8. The lowest BCUT2D eigenvalue weighted by Crippen LogP contribution is -2.18. The Morgan fingerprint density at radius 3 is 2.88 bits per heavy atom. The highest BCUT2D eigenvalue weighted by Crippen LogP contribution is 2.29. The van der Waals surface area contributed by atoms with E-state index in [1.165, 1.54) is 38.3 Å². The highest BCUT2D eigenvalue weighted by molar-refractivity contribution is 6.31. The number of nitrogens with one attached hydrogen (secondary N) is 2. The second kappa shape index (κ2) is 6.96. The molecule has 3 heterocycles. The first-order valence-electron chi connectivity index (χ1n) is 8.60. The van der Waals surface area contributed by atoms with Crippen molar-refractivity contribution >= 4 is 28.5 Å². The van der Waals surface area contributed by atoms with Gasteiger partial charge in [0, 0.05) is 29.9 Å². The summed E-state index contributed by atoms with van der Waals surface area (Å²) in [6, 6.07) is 1.80. The van der Waals surface area contributed by atoms with Crippen LogP contribution in [0.25, 0.3) is 22.4 Å². The number of nitrogens with zero attached hydrogens (tertiary/aromatic N) is 3. The molecule has 0 atom stereocenters. The Balaban J connectivity index is 1.60. The van der Waals surface area contributed by atoms with Crippen LogP contribution in [0.1, 0.15) is 32.1 Å². The number of halogens is 2. The van der Waals surface area contributed by atoms with Gasteiger partial charge in [0.25, 0.3) is 0 Å². The molecule has 3 aromatic rings. The van der Waals surface area contributed by atoms with Crippen molar-refractivity contribution in [3.63, 3.8) is 0 Å². The number of anilines is 1. The average molecular weight is 360 g/mol. The van der Waals surface area contributed by atoms with E-state index in [-0.39, 0.29) is 5.82 Å². The topological polar surface area (TPSA) is 66.5 Å². The first kappa shape index (κ1) is 16.3. The lowest BCUT2D eigenvalue weighted by atomic mass is 9.89. The van der Waals surface area contributed by atoms with Crippen LogP contribution in [0.4, 0.5) is 10.2 Å². The van der Waals surface area contributed by atoms with Crippen molar-refractivity contribution in [3.8, 4) is 11.4 Å². The van der Waals surface area contributed by atoms with Gasteiger partial charge < -0.3 is 10.3 Å². The summed E-state index contributed by atoms with van der Waals surface area (Å²) >= 11 is 6.04. The normalized spacial score (nSPS) is 15.6. The second-order valence-electron chi connectivity index (χ2n) is 6.53. The highest BCUT2D eigenvalue weighted by atomic mass is 35.5. The molecule has 0 saturated heterocycles. The van der Waals surface area contributed by atoms with Gasteiger partial charge in [0.15, 0.2) is 17.5 Å². The molecule has 0 bridgehead atoms. The molecule has 0 unspecified atom stereocenters. The molecule has 0 aromatic carbocycles. The zero-order chi connectivity index (χ0) is 17.2. The maximum atomic E-state index is 14.1. The van der Waals surface area contributed by atoms with E-state index >= 15 is 0 Å². The van der Waals surface area contributed by atoms with Crippen LogP contribution in [-0.4, -0.2) is 26.5 Å². The molecule has 1 aliphatic rings. The van der Waals surface area contributed by atoms with E-state index in [4.69, 9.17) is 11.6 Å². The number of aromatic nitrogens is 4. The SMILES string of the molecule is Fc1cnc(-c2c[nH]c3ncc(Cl)cc23)nc1NCC1CCCCC1. The third-order valence-electron chi connectivity index (χ3n) is 4.77. The molecule has 1 aliphatic carbocycles. The first-order valence-corrected chi connectivity index (χ1v) is 8.98. The minimum absolute atomic E-state index is 0.250. The Bertz CT molecular complexity index is 888. The van der Waals surface area contributed by atoms with Gasteiger partial charge in [-0.05, 0) is 24.8 Å². The monoisotopic (exact) mass is 359 g/mol. The molecule has 25 heavy (non-hydrogen) atoms. The summed E-state index contributed by atoms with van der Waals surface area (Å²) in [4.78, 5) is 15.8. The molecule has 0 radical (unpaired) electrons. The number of rotatable bonds is 4. The van der Waals surface area contributed by atoms with E-state index in [1.54, 1.807) is 18.5 Å². The van der Waals surface area contributed by atoms with E-state index < -0.39 is 5.82 Å². The second-order valence-corrected chi connectivity index (χ2v) is 6.96. The summed E-state index contributed by atoms with van der Waals surface area (Å²) in [5.74, 6) is 0.848. The molecule has 1 fully saturated rings. The number of aromatic amines is 1. The number of pyridine rings is 1. The van der Waals surface area contributed by atoms with Crippen molar-refractivity contribution in [1.82, 2.24) is 19.9 Å². The van der Waals surface area contributed by atoms with E-state index in [2.05, 4.69) is 25.3 Å². The quantitative estimate of drug-likeness (QED) is 0.701. The summed E-state index contributed by atoms with van der Waals surface area (Å²) in [5, 5.41) is 4.52. The van der Waals surface area contributed by atoms with Gasteiger partial charge in [-0.15, -0.1) is 0 Å². The van der Waals surface area contributed by atoms with Gasteiger partial charge in [-0.2, -0.15) is 0 Å². The lowest BCUT2D eigenvalue weighted by molar-refractivity contribution is 0.373. The molecule has 0 aliphatic heterocycles. The fraction of sp³-hybridized carbons (Fsp3) is 0.389. The van der Waals surface area contributed by atoms with Gasteiger partial charge >= 0.3 is 0 Å². The van der Waals surface area contributed by atoms with Crippen LogP contribution >= 0.6 is 11.6 Å². The van der Waals surface area contributed by atoms with Crippen LogP contribution in [0.3, 0.4) is 0 Å². The van der Waals surface area contributed by atoms with Crippen LogP contribution in [0, 0.1) is 11.7 Å². The van der Waals surface area contributed by atoms with Crippen LogP contribution in [0.5, 0.6) is 0 Å². The minimum atomic E-state index is -0.435. The molecule has 130 valence electrons. The van der Waals surface area contributed by atoms with E-state index in [9.17, 15) is 4.39 Å². The van der Waals surface area contributed by atoms with Gasteiger partial charge in [-0.1, -0.05) is 30.9 Å². The summed E-state index contributed by atoms with van der Waals surface area (Å²) in [7, 11) is 0. The zero-order valence-corrected chi connectivity index (χ0v) is 14.5. The third kappa shape index (κ3) is 3.44. The molecule has 2 N–H and O–H groups in total.